The topological polar surface area (TPSA) is 63.1 Å². The van der Waals surface area contributed by atoms with E-state index >= 15 is 0 Å². The molecule has 0 aromatic carbocycles. The number of carbonyl (C=O) groups is 1. The Balaban J connectivity index is 1.55. The van der Waals surface area contributed by atoms with E-state index in [0.717, 1.165) is 31.5 Å². The molecule has 2 fully saturated rings. The zero-order valence-corrected chi connectivity index (χ0v) is 12.7. The number of piperidine rings is 1. The number of hydrogen-bond acceptors (Lipinski definition) is 4. The van der Waals surface area contributed by atoms with Gasteiger partial charge in [-0.2, -0.15) is 13.2 Å². The fraction of sp³-hybridized carbons (Fsp3) is 0.786. The molecule has 0 radical (unpaired) electrons. The summed E-state index contributed by atoms with van der Waals surface area (Å²) in [5, 5.41) is 10.3. The lowest BCUT2D eigenvalue weighted by atomic mass is 9.97. The van der Waals surface area contributed by atoms with Gasteiger partial charge in [0.25, 0.3) is 0 Å². The minimum absolute atomic E-state index is 0.110. The number of amides is 1. The Bertz CT molecular complexity index is 555. The summed E-state index contributed by atoms with van der Waals surface area (Å²) in [4.78, 5) is 13.7. The molecule has 1 aliphatic carbocycles. The number of nitrogens with zero attached hydrogens (tertiary/aromatic N) is 4. The van der Waals surface area contributed by atoms with E-state index in [9.17, 15) is 18.0 Å². The Labute approximate surface area is 132 Å². The molecule has 3 rings (SSSR count). The summed E-state index contributed by atoms with van der Waals surface area (Å²) in [5.74, 6) is 0.711. The number of nitrogens with one attached hydrogen (secondary N) is 1. The van der Waals surface area contributed by atoms with Crippen molar-refractivity contribution in [2.45, 2.75) is 43.8 Å². The summed E-state index contributed by atoms with van der Waals surface area (Å²) >= 11 is 0. The zero-order chi connectivity index (χ0) is 16.4. The van der Waals surface area contributed by atoms with E-state index in [1.54, 1.807) is 11.2 Å². The lowest BCUT2D eigenvalue weighted by molar-refractivity contribution is -0.135. The second-order valence-corrected chi connectivity index (χ2v) is 6.23. The van der Waals surface area contributed by atoms with Gasteiger partial charge in [-0.1, -0.05) is 0 Å². The Morgan fingerprint density at radius 2 is 2.13 bits per heavy atom. The summed E-state index contributed by atoms with van der Waals surface area (Å²) < 4.78 is 38.4. The predicted octanol–water partition coefficient (Wildman–Crippen LogP) is 1.47. The number of halogens is 3. The molecule has 1 saturated heterocycles. The van der Waals surface area contributed by atoms with Crippen molar-refractivity contribution in [1.82, 2.24) is 25.0 Å². The van der Waals surface area contributed by atoms with Gasteiger partial charge >= 0.3 is 6.18 Å². The number of alkyl halides is 3. The van der Waals surface area contributed by atoms with E-state index in [1.165, 1.54) is 0 Å². The van der Waals surface area contributed by atoms with Gasteiger partial charge in [-0.05, 0) is 25.7 Å². The fourth-order valence-electron chi connectivity index (χ4n) is 3.02. The van der Waals surface area contributed by atoms with E-state index in [2.05, 4.69) is 20.1 Å². The maximum atomic E-state index is 12.1. The normalized spacial score (nSPS) is 22.4. The summed E-state index contributed by atoms with van der Waals surface area (Å²) in [7, 11) is 0. The highest BCUT2D eigenvalue weighted by Gasteiger charge is 2.33. The molecular formula is C14H20F3N5O. The van der Waals surface area contributed by atoms with Crippen LogP contribution in [0.15, 0.2) is 6.33 Å². The highest BCUT2D eigenvalue weighted by atomic mass is 19.4. The molecule has 1 atom stereocenters. The molecule has 23 heavy (non-hydrogen) atoms. The Morgan fingerprint density at radius 1 is 1.35 bits per heavy atom. The summed E-state index contributed by atoms with van der Waals surface area (Å²) in [6.45, 7) is -0.355. The maximum Gasteiger partial charge on any atom is 0.401 e. The zero-order valence-electron chi connectivity index (χ0n) is 12.7. The lowest BCUT2D eigenvalue weighted by Gasteiger charge is -2.32. The largest absolute Gasteiger partial charge is 0.401 e. The van der Waals surface area contributed by atoms with Gasteiger partial charge in [-0.25, -0.2) is 0 Å². The Morgan fingerprint density at radius 3 is 2.83 bits per heavy atom. The van der Waals surface area contributed by atoms with Crippen LogP contribution in [-0.2, 0) is 4.79 Å². The number of rotatable bonds is 5. The highest BCUT2D eigenvalue weighted by molar-refractivity contribution is 5.78. The van der Waals surface area contributed by atoms with Crippen molar-refractivity contribution in [1.29, 1.82) is 0 Å². The van der Waals surface area contributed by atoms with Crippen molar-refractivity contribution in [2.24, 2.45) is 0 Å². The standard InChI is InChI=1S/C14H20F3N5O/c15-14(16,17)8-18-6-12(23)21-5-1-2-10(7-21)13-20-19-9-22(13)11-3-4-11/h9-11,18H,1-8H2. The fourth-order valence-corrected chi connectivity index (χ4v) is 3.02. The molecule has 1 aromatic rings. The van der Waals surface area contributed by atoms with E-state index in [1.807, 2.05) is 0 Å². The van der Waals surface area contributed by atoms with Crippen LogP contribution in [0.25, 0.3) is 0 Å². The van der Waals surface area contributed by atoms with Gasteiger partial charge in [0.1, 0.15) is 12.2 Å². The first-order valence-electron chi connectivity index (χ1n) is 7.88. The summed E-state index contributed by atoms with van der Waals surface area (Å²) in [6.07, 6.45) is 1.44. The van der Waals surface area contributed by atoms with Crippen LogP contribution in [0.5, 0.6) is 0 Å². The summed E-state index contributed by atoms with van der Waals surface area (Å²) in [6, 6.07) is 0.472. The molecule has 9 heteroatoms. The second-order valence-electron chi connectivity index (χ2n) is 6.23. The first kappa shape index (κ1) is 16.2. The monoisotopic (exact) mass is 331 g/mol. The molecule has 0 bridgehead atoms. The van der Waals surface area contributed by atoms with Crippen molar-refractivity contribution in [3.8, 4) is 0 Å². The van der Waals surface area contributed by atoms with E-state index in [4.69, 9.17) is 0 Å². The van der Waals surface area contributed by atoms with Gasteiger partial charge in [-0.15, -0.1) is 10.2 Å². The quantitative estimate of drug-likeness (QED) is 0.887. The number of aromatic nitrogens is 3. The van der Waals surface area contributed by atoms with Crippen molar-refractivity contribution in [3.63, 3.8) is 0 Å². The van der Waals surface area contributed by atoms with Crippen LogP contribution >= 0.6 is 0 Å². The van der Waals surface area contributed by atoms with Gasteiger partial charge in [-0.3, -0.25) is 4.79 Å². The van der Waals surface area contributed by atoms with Gasteiger partial charge in [0.05, 0.1) is 13.1 Å². The van der Waals surface area contributed by atoms with Crippen molar-refractivity contribution in [3.05, 3.63) is 12.2 Å². The van der Waals surface area contributed by atoms with Crippen LogP contribution in [0.4, 0.5) is 13.2 Å². The molecule has 1 amide bonds. The van der Waals surface area contributed by atoms with Crippen LogP contribution in [0.2, 0.25) is 0 Å². The minimum Gasteiger partial charge on any atom is -0.341 e. The molecule has 6 nitrogen and oxygen atoms in total. The molecule has 1 N–H and O–H groups in total. The van der Waals surface area contributed by atoms with Gasteiger partial charge in [0, 0.05) is 25.0 Å². The van der Waals surface area contributed by atoms with Crippen LogP contribution < -0.4 is 5.32 Å². The molecule has 2 aliphatic rings. The highest BCUT2D eigenvalue weighted by Crippen LogP contribution is 2.38. The van der Waals surface area contributed by atoms with Crippen LogP contribution in [0.1, 0.15) is 43.5 Å². The summed E-state index contributed by atoms with van der Waals surface area (Å²) in [5.41, 5.74) is 0. The van der Waals surface area contributed by atoms with Gasteiger partial charge in [0.2, 0.25) is 5.91 Å². The molecule has 1 saturated carbocycles. The Hall–Kier alpha value is -1.64. The van der Waals surface area contributed by atoms with E-state index < -0.39 is 12.7 Å². The third kappa shape index (κ3) is 4.21. The van der Waals surface area contributed by atoms with Crippen molar-refractivity contribution >= 4 is 5.91 Å². The molecule has 2 heterocycles. The van der Waals surface area contributed by atoms with Gasteiger partial charge < -0.3 is 14.8 Å². The molecule has 0 spiro atoms. The lowest BCUT2D eigenvalue weighted by Crippen LogP contribution is -2.45. The molecule has 1 aromatic heterocycles. The van der Waals surface area contributed by atoms with Gasteiger partial charge in [0.15, 0.2) is 0 Å². The van der Waals surface area contributed by atoms with Crippen molar-refractivity contribution < 1.29 is 18.0 Å². The van der Waals surface area contributed by atoms with Crippen LogP contribution in [0, 0.1) is 0 Å². The Kier molecular flexibility index (Phi) is 4.56. The molecule has 1 unspecified atom stereocenters. The first-order chi connectivity index (χ1) is 10.9. The maximum absolute atomic E-state index is 12.1. The average molecular weight is 331 g/mol. The smallest absolute Gasteiger partial charge is 0.341 e. The van der Waals surface area contributed by atoms with Crippen LogP contribution in [0.3, 0.4) is 0 Å². The molecular weight excluding hydrogens is 311 g/mol. The third-order valence-electron chi connectivity index (χ3n) is 4.28. The van der Waals surface area contributed by atoms with Crippen LogP contribution in [-0.4, -0.2) is 57.9 Å². The van der Waals surface area contributed by atoms with E-state index in [0.29, 0.717) is 19.1 Å². The number of carbonyl (C=O) groups excluding carboxylic acids is 1. The number of hydrogen-bond donors (Lipinski definition) is 1. The minimum atomic E-state index is -4.30. The van der Waals surface area contributed by atoms with E-state index in [-0.39, 0.29) is 18.4 Å². The molecule has 128 valence electrons. The van der Waals surface area contributed by atoms with Crippen molar-refractivity contribution in [2.75, 3.05) is 26.2 Å². The number of likely N-dealkylation sites (tertiary alicyclic amines) is 1. The predicted molar refractivity (Wildman–Crippen MR) is 75.8 cm³/mol. The third-order valence-corrected chi connectivity index (χ3v) is 4.28. The first-order valence-corrected chi connectivity index (χ1v) is 7.88. The average Bonchev–Trinajstić information content (AvgIpc) is 3.23. The molecule has 1 aliphatic heterocycles. The SMILES string of the molecule is O=C(CNCC(F)(F)F)N1CCCC(c2nncn2C2CC2)C1. The second kappa shape index (κ2) is 6.46.